The second-order valence-electron chi connectivity index (χ2n) is 9.27. The zero-order chi connectivity index (χ0) is 22.8. The molecular formula is C25H33NO5. The number of aliphatic hydroxyl groups is 1. The van der Waals surface area contributed by atoms with Gasteiger partial charge in [0.05, 0.1) is 12.2 Å². The van der Waals surface area contributed by atoms with E-state index in [0.29, 0.717) is 28.9 Å². The first-order valence-corrected chi connectivity index (χ1v) is 10.9. The molecule has 1 fully saturated rings. The average Bonchev–Trinajstić information content (AvgIpc) is 3.24. The molecule has 1 unspecified atom stereocenters. The Morgan fingerprint density at radius 2 is 1.94 bits per heavy atom. The number of carbonyl (C=O) groups excluding carboxylic acids is 2. The Balaban J connectivity index is 1.71. The van der Waals surface area contributed by atoms with Gasteiger partial charge in [-0.05, 0) is 30.2 Å². The number of ether oxygens (including phenoxy) is 2. The number of hydrogen-bond donors (Lipinski definition) is 1. The van der Waals surface area contributed by atoms with E-state index in [1.807, 2.05) is 42.0 Å². The fourth-order valence-electron chi connectivity index (χ4n) is 4.46. The van der Waals surface area contributed by atoms with Crippen LogP contribution in [0.3, 0.4) is 0 Å². The summed E-state index contributed by atoms with van der Waals surface area (Å²) in [6, 6.07) is 7.57. The van der Waals surface area contributed by atoms with Crippen molar-refractivity contribution in [1.82, 2.24) is 4.57 Å². The number of fused-ring (bicyclic) bond motifs is 1. The highest BCUT2D eigenvalue weighted by Gasteiger charge is 2.44. The highest BCUT2D eigenvalue weighted by Crippen LogP contribution is 2.34. The number of allylic oxidation sites excluding steroid dienone is 1. The maximum Gasteiger partial charge on any atom is 0.340 e. The Bertz CT molecular complexity index is 979. The van der Waals surface area contributed by atoms with E-state index in [-0.39, 0.29) is 13.0 Å². The quantitative estimate of drug-likeness (QED) is 0.503. The summed E-state index contributed by atoms with van der Waals surface area (Å²) < 4.78 is 12.9. The van der Waals surface area contributed by atoms with Gasteiger partial charge in [-0.1, -0.05) is 52.0 Å². The maximum atomic E-state index is 12.7. The third kappa shape index (κ3) is 4.85. The van der Waals surface area contributed by atoms with Crippen LogP contribution in [0.1, 0.15) is 50.9 Å². The van der Waals surface area contributed by atoms with Crippen LogP contribution in [0.15, 0.2) is 42.1 Å². The number of para-hydroxylation sites is 1. The monoisotopic (exact) mass is 427 g/mol. The molecule has 1 aromatic carbocycles. The molecule has 2 heterocycles. The molecule has 0 spiro atoms. The van der Waals surface area contributed by atoms with E-state index < -0.39 is 24.1 Å². The maximum absolute atomic E-state index is 12.7. The number of cyclic esters (lactones) is 1. The van der Waals surface area contributed by atoms with Crippen LogP contribution in [0.5, 0.6) is 0 Å². The van der Waals surface area contributed by atoms with Gasteiger partial charge >= 0.3 is 11.9 Å². The molecule has 0 amide bonds. The highest BCUT2D eigenvalue weighted by molar-refractivity contribution is 6.04. The van der Waals surface area contributed by atoms with E-state index >= 15 is 0 Å². The predicted molar refractivity (Wildman–Crippen MR) is 120 cm³/mol. The molecule has 31 heavy (non-hydrogen) atoms. The number of esters is 2. The first kappa shape index (κ1) is 23.1. The van der Waals surface area contributed by atoms with Crippen LogP contribution < -0.4 is 0 Å². The van der Waals surface area contributed by atoms with E-state index in [1.165, 1.54) is 0 Å². The summed E-state index contributed by atoms with van der Waals surface area (Å²) in [4.78, 5) is 25.2. The van der Waals surface area contributed by atoms with Crippen molar-refractivity contribution < 1.29 is 24.2 Å². The predicted octanol–water partition coefficient (Wildman–Crippen LogP) is 4.26. The number of nitrogens with zero attached hydrogens (tertiary/aromatic N) is 1. The van der Waals surface area contributed by atoms with Crippen molar-refractivity contribution in [3.63, 3.8) is 0 Å². The molecule has 168 valence electrons. The molecule has 1 aliphatic heterocycles. The Morgan fingerprint density at radius 1 is 1.26 bits per heavy atom. The summed E-state index contributed by atoms with van der Waals surface area (Å²) in [6.07, 6.45) is 4.66. The lowest BCUT2D eigenvalue weighted by molar-refractivity contribution is -0.154. The molecule has 0 aliphatic carbocycles. The highest BCUT2D eigenvalue weighted by atomic mass is 16.6. The molecule has 3 rings (SSSR count). The molecule has 2 aromatic rings. The van der Waals surface area contributed by atoms with Crippen molar-refractivity contribution in [2.45, 2.75) is 46.1 Å². The summed E-state index contributed by atoms with van der Waals surface area (Å²) in [7, 11) is 1.87. The van der Waals surface area contributed by atoms with Gasteiger partial charge in [-0.2, -0.15) is 0 Å². The summed E-state index contributed by atoms with van der Waals surface area (Å²) in [5, 5.41) is 10.8. The zero-order valence-electron chi connectivity index (χ0n) is 19.1. The summed E-state index contributed by atoms with van der Waals surface area (Å²) >= 11 is 0. The average molecular weight is 428 g/mol. The number of aliphatic hydroxyl groups excluding tert-OH is 1. The Morgan fingerprint density at radius 3 is 2.58 bits per heavy atom. The van der Waals surface area contributed by atoms with Gasteiger partial charge in [-0.15, -0.1) is 0 Å². The lowest BCUT2D eigenvalue weighted by Crippen LogP contribution is -2.39. The van der Waals surface area contributed by atoms with Gasteiger partial charge in [0.2, 0.25) is 0 Å². The van der Waals surface area contributed by atoms with Gasteiger partial charge < -0.3 is 19.1 Å². The van der Waals surface area contributed by atoms with Crippen molar-refractivity contribution in [3.05, 3.63) is 47.7 Å². The van der Waals surface area contributed by atoms with E-state index in [0.717, 1.165) is 17.3 Å². The SMILES string of the molecule is CC(C)C(C/C=C1/CC(CO)(COC(=O)c2cn(C)c3ccccc23)OC1=O)C(C)C. The molecule has 0 bridgehead atoms. The lowest BCUT2D eigenvalue weighted by Gasteiger charge is -2.24. The topological polar surface area (TPSA) is 77.8 Å². The van der Waals surface area contributed by atoms with Gasteiger partial charge in [0, 0.05) is 36.1 Å². The van der Waals surface area contributed by atoms with Crippen LogP contribution in [0.2, 0.25) is 0 Å². The fraction of sp³-hybridized carbons (Fsp3) is 0.520. The first-order valence-electron chi connectivity index (χ1n) is 10.9. The van der Waals surface area contributed by atoms with Gasteiger partial charge in [-0.25, -0.2) is 9.59 Å². The third-order valence-corrected chi connectivity index (χ3v) is 6.30. The first-order chi connectivity index (χ1) is 14.7. The van der Waals surface area contributed by atoms with Crippen LogP contribution in [0, 0.1) is 17.8 Å². The minimum atomic E-state index is -1.23. The van der Waals surface area contributed by atoms with E-state index in [4.69, 9.17) is 9.47 Å². The number of rotatable bonds is 8. The Kier molecular flexibility index (Phi) is 6.90. The third-order valence-electron chi connectivity index (χ3n) is 6.30. The zero-order valence-corrected chi connectivity index (χ0v) is 19.1. The van der Waals surface area contributed by atoms with Crippen LogP contribution >= 0.6 is 0 Å². The van der Waals surface area contributed by atoms with Crippen LogP contribution in [0.4, 0.5) is 0 Å². The van der Waals surface area contributed by atoms with Crippen molar-refractivity contribution in [1.29, 1.82) is 0 Å². The summed E-state index contributed by atoms with van der Waals surface area (Å²) in [5.74, 6) is 0.505. The Hall–Kier alpha value is -2.60. The number of aryl methyl sites for hydroxylation is 1. The number of benzene rings is 1. The second kappa shape index (κ2) is 9.27. The van der Waals surface area contributed by atoms with Gasteiger partial charge in [-0.3, -0.25) is 0 Å². The van der Waals surface area contributed by atoms with Crippen LogP contribution in [0.25, 0.3) is 10.9 Å². The van der Waals surface area contributed by atoms with Crippen LogP contribution in [-0.2, 0) is 21.3 Å². The second-order valence-corrected chi connectivity index (χ2v) is 9.27. The lowest BCUT2D eigenvalue weighted by atomic mass is 9.82. The van der Waals surface area contributed by atoms with Crippen molar-refractivity contribution in [3.8, 4) is 0 Å². The summed E-state index contributed by atoms with van der Waals surface area (Å²) in [6.45, 7) is 8.13. The van der Waals surface area contributed by atoms with E-state index in [1.54, 1.807) is 6.20 Å². The number of aromatic nitrogens is 1. The Labute approximate surface area is 183 Å². The molecule has 6 heteroatoms. The van der Waals surface area contributed by atoms with Crippen molar-refractivity contribution in [2.75, 3.05) is 13.2 Å². The molecule has 1 aromatic heterocycles. The largest absolute Gasteiger partial charge is 0.458 e. The molecule has 1 N–H and O–H groups in total. The summed E-state index contributed by atoms with van der Waals surface area (Å²) in [5.41, 5.74) is 0.687. The van der Waals surface area contributed by atoms with E-state index in [2.05, 4.69) is 27.7 Å². The molecule has 0 radical (unpaired) electrons. The van der Waals surface area contributed by atoms with Gasteiger partial charge in [0.15, 0.2) is 5.60 Å². The molecule has 1 saturated heterocycles. The molecule has 0 saturated carbocycles. The van der Waals surface area contributed by atoms with Gasteiger partial charge in [0.1, 0.15) is 6.61 Å². The minimum absolute atomic E-state index is 0.188. The smallest absolute Gasteiger partial charge is 0.340 e. The van der Waals surface area contributed by atoms with Crippen molar-refractivity contribution in [2.24, 2.45) is 24.8 Å². The van der Waals surface area contributed by atoms with E-state index in [9.17, 15) is 14.7 Å². The van der Waals surface area contributed by atoms with Crippen LogP contribution in [-0.4, -0.2) is 40.4 Å². The fourth-order valence-corrected chi connectivity index (χ4v) is 4.46. The number of hydrogen-bond acceptors (Lipinski definition) is 5. The molecular weight excluding hydrogens is 394 g/mol. The minimum Gasteiger partial charge on any atom is -0.458 e. The molecule has 1 aliphatic rings. The van der Waals surface area contributed by atoms with Gasteiger partial charge in [0.25, 0.3) is 0 Å². The standard InChI is InChI=1S/C25H33NO5/c1-16(2)19(17(3)4)11-10-18-12-25(14-27,31-23(18)28)15-30-24(29)21-13-26(5)22-9-7-6-8-20(21)22/h6-10,13,16-17,19,27H,11-12,14-15H2,1-5H3/b18-10-. The van der Waals surface area contributed by atoms with Crippen molar-refractivity contribution >= 4 is 22.8 Å². The number of carbonyl (C=O) groups is 2. The molecule has 6 nitrogen and oxygen atoms in total. The molecule has 1 atom stereocenters. The normalized spacial score (nSPS) is 20.4.